The van der Waals surface area contributed by atoms with E-state index in [1.165, 1.54) is 11.3 Å². The Hall–Kier alpha value is -1.53. The van der Waals surface area contributed by atoms with E-state index < -0.39 is 0 Å². The Bertz CT molecular complexity index is 600. The molecule has 0 spiro atoms. The number of amides is 1. The molecule has 0 saturated carbocycles. The third kappa shape index (κ3) is 3.39. The van der Waals surface area contributed by atoms with Crippen molar-refractivity contribution in [1.82, 2.24) is 9.88 Å². The molecule has 1 amide bonds. The summed E-state index contributed by atoms with van der Waals surface area (Å²) in [5.41, 5.74) is 1.07. The first-order valence-electron chi connectivity index (χ1n) is 6.96. The molecule has 0 unspecified atom stereocenters. The number of aromatic nitrogens is 1. The number of carbonyl (C=O) groups excluding carboxylic acids is 2. The van der Waals surface area contributed by atoms with Crippen LogP contribution in [0.3, 0.4) is 0 Å². The molecule has 3 heterocycles. The van der Waals surface area contributed by atoms with Crippen molar-refractivity contribution >= 4 is 34.4 Å². The van der Waals surface area contributed by atoms with E-state index in [1.807, 2.05) is 27.1 Å². The van der Waals surface area contributed by atoms with Crippen molar-refractivity contribution in [1.29, 1.82) is 0 Å². The Morgan fingerprint density at radius 1 is 1.29 bits per heavy atom. The van der Waals surface area contributed by atoms with Gasteiger partial charge in [0.15, 0.2) is 10.8 Å². The molecule has 0 atom stereocenters. The Labute approximate surface area is 131 Å². The molecule has 0 aromatic carbocycles. The molecule has 4 nitrogen and oxygen atoms in total. The van der Waals surface area contributed by atoms with Crippen molar-refractivity contribution in [2.45, 2.75) is 19.3 Å². The maximum absolute atomic E-state index is 12.2. The predicted octanol–water partition coefficient (Wildman–Crippen LogP) is 2.87. The molecule has 0 bridgehead atoms. The van der Waals surface area contributed by atoms with Gasteiger partial charge in [0, 0.05) is 30.6 Å². The maximum atomic E-state index is 12.2. The molecule has 1 saturated heterocycles. The number of nitrogens with zero attached hydrogens (tertiary/aromatic N) is 2. The molecular formula is C15H16N2O2S2. The fourth-order valence-corrected chi connectivity index (χ4v) is 3.91. The summed E-state index contributed by atoms with van der Waals surface area (Å²) in [6, 6.07) is 1.99. The summed E-state index contributed by atoms with van der Waals surface area (Å²) in [4.78, 5) is 30.4. The van der Waals surface area contributed by atoms with Gasteiger partial charge in [0.2, 0.25) is 5.91 Å². The van der Waals surface area contributed by atoms with Crippen LogP contribution in [0.15, 0.2) is 28.4 Å². The van der Waals surface area contributed by atoms with Crippen LogP contribution in [-0.4, -0.2) is 34.7 Å². The summed E-state index contributed by atoms with van der Waals surface area (Å²) < 4.78 is 0. The highest BCUT2D eigenvalue weighted by atomic mass is 32.1. The van der Waals surface area contributed by atoms with Crippen LogP contribution in [0.5, 0.6) is 0 Å². The minimum atomic E-state index is 0.0151. The van der Waals surface area contributed by atoms with Gasteiger partial charge in [-0.3, -0.25) is 9.59 Å². The Morgan fingerprint density at radius 2 is 2.10 bits per heavy atom. The second kappa shape index (κ2) is 6.49. The number of hydrogen-bond acceptors (Lipinski definition) is 5. The summed E-state index contributed by atoms with van der Waals surface area (Å²) in [7, 11) is 0. The van der Waals surface area contributed by atoms with Gasteiger partial charge >= 0.3 is 0 Å². The number of hydrogen-bond donors (Lipinski definition) is 0. The lowest BCUT2D eigenvalue weighted by atomic mass is 9.92. The highest BCUT2D eigenvalue weighted by Gasteiger charge is 2.28. The highest BCUT2D eigenvalue weighted by molar-refractivity contribution is 7.11. The summed E-state index contributed by atoms with van der Waals surface area (Å²) >= 11 is 3.00. The standard InChI is InChI=1S/C15H16N2O2S2/c18-13(9-11-3-7-20-10-11)17-5-1-12(2-6-17)14(19)15-16-4-8-21-15/h3-4,7-8,10,12H,1-2,5-6,9H2. The predicted molar refractivity (Wildman–Crippen MR) is 83.8 cm³/mol. The number of Topliss-reactive ketones (excluding diaryl/α,β-unsaturated/α-hetero) is 1. The van der Waals surface area contributed by atoms with Gasteiger partial charge in [0.25, 0.3) is 0 Å². The average molecular weight is 320 g/mol. The molecule has 21 heavy (non-hydrogen) atoms. The number of thiazole rings is 1. The van der Waals surface area contributed by atoms with E-state index in [0.29, 0.717) is 24.5 Å². The lowest BCUT2D eigenvalue weighted by Crippen LogP contribution is -2.41. The Balaban J connectivity index is 1.53. The minimum Gasteiger partial charge on any atom is -0.342 e. The number of ketones is 1. The molecule has 2 aromatic heterocycles. The largest absolute Gasteiger partial charge is 0.342 e. The molecule has 1 aliphatic heterocycles. The van der Waals surface area contributed by atoms with Gasteiger partial charge in [-0.15, -0.1) is 11.3 Å². The quantitative estimate of drug-likeness (QED) is 0.814. The van der Waals surface area contributed by atoms with Crippen molar-refractivity contribution in [3.8, 4) is 0 Å². The molecule has 6 heteroatoms. The smallest absolute Gasteiger partial charge is 0.227 e. The van der Waals surface area contributed by atoms with Crippen molar-refractivity contribution in [2.24, 2.45) is 5.92 Å². The average Bonchev–Trinajstić information content (AvgIpc) is 3.20. The fraction of sp³-hybridized carbons (Fsp3) is 0.400. The molecule has 2 aromatic rings. The van der Waals surface area contributed by atoms with Gasteiger partial charge in [-0.05, 0) is 35.2 Å². The van der Waals surface area contributed by atoms with Gasteiger partial charge < -0.3 is 4.90 Å². The third-order valence-electron chi connectivity index (χ3n) is 3.80. The Morgan fingerprint density at radius 3 is 2.71 bits per heavy atom. The Kier molecular flexibility index (Phi) is 4.45. The van der Waals surface area contributed by atoms with Crippen molar-refractivity contribution in [2.75, 3.05) is 13.1 Å². The van der Waals surface area contributed by atoms with Crippen LogP contribution < -0.4 is 0 Å². The lowest BCUT2D eigenvalue weighted by molar-refractivity contribution is -0.131. The van der Waals surface area contributed by atoms with Crippen LogP contribution in [-0.2, 0) is 11.2 Å². The van der Waals surface area contributed by atoms with Gasteiger partial charge in [-0.2, -0.15) is 11.3 Å². The molecular weight excluding hydrogens is 304 g/mol. The van der Waals surface area contributed by atoms with Crippen LogP contribution in [0.1, 0.15) is 28.2 Å². The first-order chi connectivity index (χ1) is 10.2. The van der Waals surface area contributed by atoms with E-state index in [1.54, 1.807) is 17.5 Å². The van der Waals surface area contributed by atoms with E-state index in [2.05, 4.69) is 4.98 Å². The van der Waals surface area contributed by atoms with E-state index >= 15 is 0 Å². The van der Waals surface area contributed by atoms with E-state index in [-0.39, 0.29) is 17.6 Å². The van der Waals surface area contributed by atoms with Crippen LogP contribution in [0.2, 0.25) is 0 Å². The maximum Gasteiger partial charge on any atom is 0.227 e. The van der Waals surface area contributed by atoms with Gasteiger partial charge in [-0.1, -0.05) is 0 Å². The summed E-state index contributed by atoms with van der Waals surface area (Å²) in [6.45, 7) is 1.34. The second-order valence-corrected chi connectivity index (χ2v) is 6.84. The lowest BCUT2D eigenvalue weighted by Gasteiger charge is -2.31. The monoisotopic (exact) mass is 320 g/mol. The van der Waals surface area contributed by atoms with Crippen molar-refractivity contribution in [3.63, 3.8) is 0 Å². The third-order valence-corrected chi connectivity index (χ3v) is 5.32. The van der Waals surface area contributed by atoms with Crippen LogP contribution in [0, 0.1) is 5.92 Å². The number of piperidine rings is 1. The first-order valence-corrected chi connectivity index (χ1v) is 8.79. The zero-order chi connectivity index (χ0) is 14.7. The van der Waals surface area contributed by atoms with E-state index in [0.717, 1.165) is 18.4 Å². The second-order valence-electron chi connectivity index (χ2n) is 5.16. The summed E-state index contributed by atoms with van der Waals surface area (Å²) in [5.74, 6) is 0.310. The van der Waals surface area contributed by atoms with E-state index in [4.69, 9.17) is 0 Å². The molecule has 110 valence electrons. The zero-order valence-corrected chi connectivity index (χ0v) is 13.2. The number of likely N-dealkylation sites (tertiary alicyclic amines) is 1. The molecule has 1 fully saturated rings. The van der Waals surface area contributed by atoms with Gasteiger partial charge in [-0.25, -0.2) is 4.98 Å². The molecule has 1 aliphatic rings. The van der Waals surface area contributed by atoms with Gasteiger partial charge in [0.1, 0.15) is 0 Å². The van der Waals surface area contributed by atoms with Crippen molar-refractivity contribution in [3.05, 3.63) is 39.0 Å². The SMILES string of the molecule is O=C(c1nccs1)C1CCN(C(=O)Cc2ccsc2)CC1. The minimum absolute atomic E-state index is 0.0151. The summed E-state index contributed by atoms with van der Waals surface area (Å²) in [5, 5.41) is 6.42. The zero-order valence-electron chi connectivity index (χ0n) is 11.5. The van der Waals surface area contributed by atoms with Crippen molar-refractivity contribution < 1.29 is 9.59 Å². The van der Waals surface area contributed by atoms with Crippen LogP contribution in [0.4, 0.5) is 0 Å². The number of thiophene rings is 1. The van der Waals surface area contributed by atoms with Gasteiger partial charge in [0.05, 0.1) is 6.42 Å². The molecule has 0 N–H and O–H groups in total. The number of carbonyl (C=O) groups is 2. The normalized spacial score (nSPS) is 16.1. The van der Waals surface area contributed by atoms with E-state index in [9.17, 15) is 9.59 Å². The first kappa shape index (κ1) is 14.4. The van der Waals surface area contributed by atoms with Crippen LogP contribution in [0.25, 0.3) is 0 Å². The topological polar surface area (TPSA) is 50.3 Å². The highest BCUT2D eigenvalue weighted by Crippen LogP contribution is 2.23. The molecule has 3 rings (SSSR count). The van der Waals surface area contributed by atoms with Crippen LogP contribution >= 0.6 is 22.7 Å². The molecule has 0 radical (unpaired) electrons. The molecule has 0 aliphatic carbocycles. The fourth-order valence-electron chi connectivity index (χ4n) is 2.59. The number of rotatable bonds is 4. The summed E-state index contributed by atoms with van der Waals surface area (Å²) in [6.07, 6.45) is 3.62.